The van der Waals surface area contributed by atoms with Gasteiger partial charge in [0.2, 0.25) is 5.91 Å². The molecule has 1 aromatic heterocycles. The van der Waals surface area contributed by atoms with Crippen molar-refractivity contribution in [1.29, 1.82) is 0 Å². The van der Waals surface area contributed by atoms with Crippen LogP contribution in [0.2, 0.25) is 0 Å². The summed E-state index contributed by atoms with van der Waals surface area (Å²) in [5.74, 6) is 0.695. The van der Waals surface area contributed by atoms with Crippen molar-refractivity contribution < 1.29 is 9.53 Å². The van der Waals surface area contributed by atoms with E-state index in [1.54, 1.807) is 18.4 Å². The van der Waals surface area contributed by atoms with Crippen molar-refractivity contribution in [3.63, 3.8) is 0 Å². The van der Waals surface area contributed by atoms with Gasteiger partial charge in [0.05, 0.1) is 23.7 Å². The number of methoxy groups -OCH3 is 1. The van der Waals surface area contributed by atoms with Crippen LogP contribution < -0.4 is 15.8 Å². The van der Waals surface area contributed by atoms with Crippen LogP contribution >= 0.6 is 11.3 Å². The smallest absolute Gasteiger partial charge is 0.224 e. The summed E-state index contributed by atoms with van der Waals surface area (Å²) < 4.78 is 5.21. The van der Waals surface area contributed by atoms with Crippen LogP contribution in [-0.2, 0) is 11.2 Å². The van der Waals surface area contributed by atoms with Crippen molar-refractivity contribution in [1.82, 2.24) is 10.3 Å². The summed E-state index contributed by atoms with van der Waals surface area (Å²) in [6.07, 6.45) is 2.97. The third kappa shape index (κ3) is 3.44. The van der Waals surface area contributed by atoms with E-state index in [0.717, 1.165) is 41.3 Å². The lowest BCUT2D eigenvalue weighted by atomic mass is 9.97. The Morgan fingerprint density at radius 2 is 2.21 bits per heavy atom. The summed E-state index contributed by atoms with van der Waals surface area (Å²) >= 11 is 1.67. The molecular weight excluding hydrogens is 322 g/mol. The molecule has 1 amide bonds. The summed E-state index contributed by atoms with van der Waals surface area (Å²) in [6, 6.07) is 7.98. The van der Waals surface area contributed by atoms with Crippen molar-refractivity contribution in [3.05, 3.63) is 34.8 Å². The highest BCUT2D eigenvalue weighted by atomic mass is 32.1. The number of amides is 1. The number of carbonyl (C=O) groups excluding carboxylic acids is 1. The average Bonchev–Trinajstić information content (AvgIpc) is 3.06. The minimum atomic E-state index is -0.163. The van der Waals surface area contributed by atoms with E-state index in [-0.39, 0.29) is 17.9 Å². The molecule has 3 N–H and O–H groups in total. The SMILES string of the molecule is COc1ccc(-c2nc3c(s2)C(NC(=O)C(C)CN)CCC3)cc1. The number of carbonyl (C=O) groups is 1. The molecule has 0 fully saturated rings. The van der Waals surface area contributed by atoms with Crippen molar-refractivity contribution >= 4 is 17.2 Å². The molecule has 0 spiro atoms. The summed E-state index contributed by atoms with van der Waals surface area (Å²) in [5, 5.41) is 4.14. The Kier molecular flexibility index (Phi) is 5.16. The van der Waals surface area contributed by atoms with Crippen LogP contribution in [0.25, 0.3) is 10.6 Å². The number of aryl methyl sites for hydroxylation is 1. The van der Waals surface area contributed by atoms with Crippen LogP contribution in [0.3, 0.4) is 0 Å². The van der Waals surface area contributed by atoms with E-state index in [1.807, 2.05) is 31.2 Å². The zero-order valence-corrected chi connectivity index (χ0v) is 14.9. The fraction of sp³-hybridized carbons (Fsp3) is 0.444. The first-order valence-electron chi connectivity index (χ1n) is 8.26. The third-order valence-corrected chi connectivity index (χ3v) is 5.67. The molecule has 0 aliphatic heterocycles. The highest BCUT2D eigenvalue weighted by Crippen LogP contribution is 2.38. The van der Waals surface area contributed by atoms with Crippen LogP contribution in [0.4, 0.5) is 0 Å². The molecule has 0 radical (unpaired) electrons. The largest absolute Gasteiger partial charge is 0.497 e. The lowest BCUT2D eigenvalue weighted by Gasteiger charge is -2.23. The Hall–Kier alpha value is -1.92. The van der Waals surface area contributed by atoms with Crippen molar-refractivity contribution in [2.75, 3.05) is 13.7 Å². The van der Waals surface area contributed by atoms with Crippen LogP contribution in [0.1, 0.15) is 36.4 Å². The van der Waals surface area contributed by atoms with E-state index in [1.165, 1.54) is 4.88 Å². The Labute approximate surface area is 146 Å². The van der Waals surface area contributed by atoms with E-state index in [4.69, 9.17) is 15.5 Å². The second-order valence-corrected chi connectivity index (χ2v) is 7.18. The number of hydrogen-bond acceptors (Lipinski definition) is 5. The summed E-state index contributed by atoms with van der Waals surface area (Å²) in [5.41, 5.74) is 7.79. The van der Waals surface area contributed by atoms with Gasteiger partial charge < -0.3 is 15.8 Å². The van der Waals surface area contributed by atoms with Crippen molar-refractivity contribution in [3.8, 4) is 16.3 Å². The maximum absolute atomic E-state index is 12.2. The van der Waals surface area contributed by atoms with Crippen LogP contribution in [0.5, 0.6) is 5.75 Å². The standard InChI is InChI=1S/C18H23N3O2S/c1-11(10-19)17(22)20-14-4-3-5-15-16(14)24-18(21-15)12-6-8-13(23-2)9-7-12/h6-9,11,14H,3-5,10,19H2,1-2H3,(H,20,22). The van der Waals surface area contributed by atoms with Gasteiger partial charge in [0.1, 0.15) is 10.8 Å². The van der Waals surface area contributed by atoms with Gasteiger partial charge in [-0.2, -0.15) is 0 Å². The van der Waals surface area contributed by atoms with Crippen LogP contribution in [-0.4, -0.2) is 24.5 Å². The maximum Gasteiger partial charge on any atom is 0.224 e. The predicted octanol–water partition coefficient (Wildman–Crippen LogP) is 2.91. The number of rotatable bonds is 5. The van der Waals surface area contributed by atoms with Gasteiger partial charge in [0, 0.05) is 18.0 Å². The number of ether oxygens (including phenoxy) is 1. The lowest BCUT2D eigenvalue weighted by molar-refractivity contribution is -0.125. The maximum atomic E-state index is 12.2. The Morgan fingerprint density at radius 1 is 1.46 bits per heavy atom. The number of aromatic nitrogens is 1. The van der Waals surface area contributed by atoms with Gasteiger partial charge >= 0.3 is 0 Å². The minimum Gasteiger partial charge on any atom is -0.497 e. The number of thiazole rings is 1. The second kappa shape index (κ2) is 7.32. The number of nitrogens with two attached hydrogens (primary N) is 1. The fourth-order valence-electron chi connectivity index (χ4n) is 2.84. The number of nitrogens with one attached hydrogen (secondary N) is 1. The highest BCUT2D eigenvalue weighted by Gasteiger charge is 2.27. The molecule has 1 aliphatic rings. The Balaban J connectivity index is 1.83. The molecule has 1 aromatic carbocycles. The van der Waals surface area contributed by atoms with E-state index in [9.17, 15) is 4.79 Å². The molecular formula is C18H23N3O2S. The van der Waals surface area contributed by atoms with Crippen LogP contribution in [0.15, 0.2) is 24.3 Å². The molecule has 2 aromatic rings. The zero-order chi connectivity index (χ0) is 17.1. The summed E-state index contributed by atoms with van der Waals surface area (Å²) in [6.45, 7) is 2.22. The first-order chi connectivity index (χ1) is 11.6. The molecule has 0 bridgehead atoms. The molecule has 5 nitrogen and oxygen atoms in total. The molecule has 128 valence electrons. The Bertz CT molecular complexity index is 712. The van der Waals surface area contributed by atoms with Gasteiger partial charge in [-0.05, 0) is 43.5 Å². The normalized spacial score (nSPS) is 17.9. The lowest BCUT2D eigenvalue weighted by Crippen LogP contribution is -2.36. The van der Waals surface area contributed by atoms with Gasteiger partial charge in [0.15, 0.2) is 0 Å². The Morgan fingerprint density at radius 3 is 2.88 bits per heavy atom. The molecule has 24 heavy (non-hydrogen) atoms. The van der Waals surface area contributed by atoms with E-state index < -0.39 is 0 Å². The number of hydrogen-bond donors (Lipinski definition) is 2. The van der Waals surface area contributed by atoms with Gasteiger partial charge in [-0.25, -0.2) is 4.98 Å². The highest BCUT2D eigenvalue weighted by molar-refractivity contribution is 7.15. The molecule has 1 aliphatic carbocycles. The van der Waals surface area contributed by atoms with E-state index >= 15 is 0 Å². The first kappa shape index (κ1) is 16.9. The monoisotopic (exact) mass is 345 g/mol. The quantitative estimate of drug-likeness (QED) is 0.873. The fourth-order valence-corrected chi connectivity index (χ4v) is 4.04. The third-order valence-electron chi connectivity index (χ3n) is 4.41. The number of fused-ring (bicyclic) bond motifs is 1. The van der Waals surface area contributed by atoms with Gasteiger partial charge in [-0.15, -0.1) is 11.3 Å². The van der Waals surface area contributed by atoms with Crippen molar-refractivity contribution in [2.24, 2.45) is 11.7 Å². The summed E-state index contributed by atoms with van der Waals surface area (Å²) in [4.78, 5) is 18.2. The molecule has 2 unspecified atom stereocenters. The average molecular weight is 345 g/mol. The van der Waals surface area contributed by atoms with E-state index in [2.05, 4.69) is 5.32 Å². The molecule has 3 rings (SSSR count). The predicted molar refractivity (Wildman–Crippen MR) is 96.1 cm³/mol. The molecule has 1 heterocycles. The topological polar surface area (TPSA) is 77.2 Å². The number of benzene rings is 1. The van der Waals surface area contributed by atoms with E-state index in [0.29, 0.717) is 6.54 Å². The second-order valence-electron chi connectivity index (χ2n) is 6.15. The van der Waals surface area contributed by atoms with Gasteiger partial charge in [-0.3, -0.25) is 4.79 Å². The molecule has 2 atom stereocenters. The molecule has 6 heteroatoms. The molecule has 0 saturated heterocycles. The van der Waals surface area contributed by atoms with Gasteiger partial charge in [0.25, 0.3) is 0 Å². The molecule has 0 saturated carbocycles. The zero-order valence-electron chi connectivity index (χ0n) is 14.0. The van der Waals surface area contributed by atoms with Gasteiger partial charge in [-0.1, -0.05) is 6.92 Å². The number of nitrogens with zero attached hydrogens (tertiary/aromatic N) is 1. The van der Waals surface area contributed by atoms with Crippen molar-refractivity contribution in [2.45, 2.75) is 32.2 Å². The van der Waals surface area contributed by atoms with Crippen LogP contribution in [0, 0.1) is 5.92 Å². The first-order valence-corrected chi connectivity index (χ1v) is 9.08. The summed E-state index contributed by atoms with van der Waals surface area (Å²) in [7, 11) is 1.66. The minimum absolute atomic E-state index is 0.0229.